The van der Waals surface area contributed by atoms with Gasteiger partial charge in [-0.2, -0.15) is 0 Å². The molecule has 6 heteroatoms. The summed E-state index contributed by atoms with van der Waals surface area (Å²) in [6.45, 7) is 0. The number of hydrogen-bond acceptors (Lipinski definition) is 3. The highest BCUT2D eigenvalue weighted by molar-refractivity contribution is 9.10. The largest absolute Gasteiger partial charge is 0.328 e. The van der Waals surface area contributed by atoms with Gasteiger partial charge in [0.25, 0.3) is 5.56 Å². The summed E-state index contributed by atoms with van der Waals surface area (Å²) in [5.41, 5.74) is 1.63. The van der Waals surface area contributed by atoms with Crippen LogP contribution in [-0.4, -0.2) is 14.1 Å². The molecule has 1 saturated carbocycles. The van der Waals surface area contributed by atoms with Crippen LogP contribution in [0.15, 0.2) is 62.6 Å². The Hall–Kier alpha value is -2.73. The standard InChI is InChI=1S/C25H24BrN3O2/c1-28-20-14-7-6-13-19(20)22(30)21-24(28)27-23(16-9-8-10-17(26)15-16)29(25(21)31)18-11-4-2-3-5-12-18/h6-10,13-15,18H,2-5,11-12H2,1H3. The molecule has 0 N–H and O–H groups in total. The van der Waals surface area contributed by atoms with Gasteiger partial charge in [0.1, 0.15) is 11.2 Å². The lowest BCUT2D eigenvalue weighted by Crippen LogP contribution is -2.32. The Morgan fingerprint density at radius 2 is 1.71 bits per heavy atom. The van der Waals surface area contributed by atoms with Gasteiger partial charge in [-0.15, -0.1) is 0 Å². The van der Waals surface area contributed by atoms with Crippen molar-refractivity contribution in [2.45, 2.75) is 44.6 Å². The van der Waals surface area contributed by atoms with E-state index in [9.17, 15) is 9.59 Å². The van der Waals surface area contributed by atoms with Crippen molar-refractivity contribution in [3.63, 3.8) is 0 Å². The maximum Gasteiger partial charge on any atom is 0.267 e. The topological polar surface area (TPSA) is 56.9 Å². The van der Waals surface area contributed by atoms with Crippen molar-refractivity contribution in [1.29, 1.82) is 0 Å². The molecule has 158 valence electrons. The fourth-order valence-corrected chi connectivity index (χ4v) is 5.26. The highest BCUT2D eigenvalue weighted by Crippen LogP contribution is 2.31. The molecule has 2 aromatic carbocycles. The van der Waals surface area contributed by atoms with Crippen LogP contribution in [0.5, 0.6) is 0 Å². The normalized spacial score (nSPS) is 15.4. The molecule has 5 rings (SSSR count). The van der Waals surface area contributed by atoms with E-state index >= 15 is 0 Å². The Labute approximate surface area is 188 Å². The average molecular weight is 478 g/mol. The van der Waals surface area contributed by atoms with Crippen molar-refractivity contribution in [1.82, 2.24) is 14.1 Å². The zero-order chi connectivity index (χ0) is 21.5. The predicted molar refractivity (Wildman–Crippen MR) is 129 cm³/mol. The molecule has 0 atom stereocenters. The molecule has 0 spiro atoms. The van der Waals surface area contributed by atoms with Crippen LogP contribution in [0.25, 0.3) is 33.3 Å². The van der Waals surface area contributed by atoms with Gasteiger partial charge in [0, 0.05) is 28.5 Å². The Bertz CT molecular complexity index is 1410. The Kier molecular flexibility index (Phi) is 5.26. The van der Waals surface area contributed by atoms with Gasteiger partial charge in [-0.05, 0) is 37.1 Å². The number of rotatable bonds is 2. The van der Waals surface area contributed by atoms with Crippen LogP contribution in [0.4, 0.5) is 0 Å². The average Bonchev–Trinajstić information content (AvgIpc) is 3.06. The summed E-state index contributed by atoms with van der Waals surface area (Å²) in [6, 6.07) is 15.3. The maximum atomic E-state index is 13.9. The Morgan fingerprint density at radius 3 is 2.45 bits per heavy atom. The van der Waals surface area contributed by atoms with Gasteiger partial charge in [0.05, 0.1) is 5.52 Å². The fourth-order valence-electron chi connectivity index (χ4n) is 4.86. The second kappa shape index (κ2) is 8.08. The van der Waals surface area contributed by atoms with Crippen molar-refractivity contribution in [2.24, 2.45) is 7.05 Å². The highest BCUT2D eigenvalue weighted by Gasteiger charge is 2.24. The molecular formula is C25H24BrN3O2. The van der Waals surface area contributed by atoms with Crippen LogP contribution in [0.3, 0.4) is 0 Å². The highest BCUT2D eigenvalue weighted by atomic mass is 79.9. The molecule has 1 aliphatic rings. The second-order valence-corrected chi connectivity index (χ2v) is 9.29. The van der Waals surface area contributed by atoms with Crippen molar-refractivity contribution in [3.05, 3.63) is 73.6 Å². The monoisotopic (exact) mass is 477 g/mol. The summed E-state index contributed by atoms with van der Waals surface area (Å²) in [5.74, 6) is 0.635. The molecule has 1 fully saturated rings. The minimum atomic E-state index is -0.232. The van der Waals surface area contributed by atoms with Crippen molar-refractivity contribution < 1.29 is 0 Å². The van der Waals surface area contributed by atoms with Gasteiger partial charge in [0.15, 0.2) is 5.65 Å². The van der Waals surface area contributed by atoms with Crippen LogP contribution in [0, 0.1) is 0 Å². The molecule has 0 aliphatic heterocycles. The summed E-state index contributed by atoms with van der Waals surface area (Å²) < 4.78 is 4.61. The third kappa shape index (κ3) is 3.43. The van der Waals surface area contributed by atoms with Crippen molar-refractivity contribution >= 4 is 37.9 Å². The molecule has 5 nitrogen and oxygen atoms in total. The van der Waals surface area contributed by atoms with Crippen LogP contribution in [0.2, 0.25) is 0 Å². The molecule has 0 unspecified atom stereocenters. The molecule has 0 radical (unpaired) electrons. The van der Waals surface area contributed by atoms with E-state index in [4.69, 9.17) is 4.98 Å². The molecule has 0 bridgehead atoms. The van der Waals surface area contributed by atoms with E-state index in [1.165, 1.54) is 12.8 Å². The van der Waals surface area contributed by atoms with Gasteiger partial charge in [-0.1, -0.05) is 65.9 Å². The zero-order valence-electron chi connectivity index (χ0n) is 17.5. The van der Waals surface area contributed by atoms with Gasteiger partial charge in [0.2, 0.25) is 5.43 Å². The van der Waals surface area contributed by atoms with E-state index in [0.717, 1.165) is 41.2 Å². The fraction of sp³-hybridized carbons (Fsp3) is 0.320. The molecule has 31 heavy (non-hydrogen) atoms. The predicted octanol–water partition coefficient (Wildman–Crippen LogP) is 5.57. The SMILES string of the molecule is Cn1c2ccccc2c(=O)c2c(=O)n(C3CCCCCC3)c(-c3cccc(Br)c3)nc21. The van der Waals surface area contributed by atoms with E-state index in [1.807, 2.05) is 58.6 Å². The Morgan fingerprint density at radius 1 is 0.968 bits per heavy atom. The lowest BCUT2D eigenvalue weighted by molar-refractivity contribution is 0.434. The van der Waals surface area contributed by atoms with Crippen molar-refractivity contribution in [2.75, 3.05) is 0 Å². The first-order valence-corrected chi connectivity index (χ1v) is 11.7. The van der Waals surface area contributed by atoms with Crippen LogP contribution in [-0.2, 0) is 7.05 Å². The van der Waals surface area contributed by atoms with Gasteiger partial charge >= 0.3 is 0 Å². The number of nitrogens with zero attached hydrogens (tertiary/aromatic N) is 3. The third-order valence-corrected chi connectivity index (χ3v) is 6.92. The minimum absolute atomic E-state index is 0.0528. The van der Waals surface area contributed by atoms with Gasteiger partial charge in [-0.3, -0.25) is 14.2 Å². The van der Waals surface area contributed by atoms with Crippen LogP contribution in [0.1, 0.15) is 44.6 Å². The van der Waals surface area contributed by atoms with E-state index in [-0.39, 0.29) is 22.4 Å². The number of hydrogen-bond donors (Lipinski definition) is 0. The lowest BCUT2D eigenvalue weighted by Gasteiger charge is -2.23. The number of halogens is 1. The van der Waals surface area contributed by atoms with E-state index < -0.39 is 0 Å². The third-order valence-electron chi connectivity index (χ3n) is 6.42. The molecule has 4 aromatic rings. The number of fused-ring (bicyclic) bond motifs is 2. The van der Waals surface area contributed by atoms with E-state index in [2.05, 4.69) is 15.9 Å². The van der Waals surface area contributed by atoms with E-state index in [0.29, 0.717) is 16.9 Å². The van der Waals surface area contributed by atoms with Crippen LogP contribution < -0.4 is 11.0 Å². The molecule has 0 saturated heterocycles. The summed E-state index contributed by atoms with van der Waals surface area (Å²) in [5, 5.41) is 0.739. The first-order chi connectivity index (χ1) is 15.1. The maximum absolute atomic E-state index is 13.9. The quantitative estimate of drug-likeness (QED) is 0.280. The molecule has 0 amide bonds. The summed E-state index contributed by atoms with van der Waals surface area (Å²) in [6.07, 6.45) is 6.41. The molecule has 1 aliphatic carbocycles. The van der Waals surface area contributed by atoms with Gasteiger partial charge < -0.3 is 4.57 Å². The second-order valence-electron chi connectivity index (χ2n) is 8.37. The summed E-state index contributed by atoms with van der Waals surface area (Å²) >= 11 is 3.55. The summed E-state index contributed by atoms with van der Waals surface area (Å²) in [4.78, 5) is 32.3. The molecule has 2 heterocycles. The lowest BCUT2D eigenvalue weighted by atomic mass is 10.1. The summed E-state index contributed by atoms with van der Waals surface area (Å²) in [7, 11) is 1.87. The first kappa shape index (κ1) is 20.2. The Balaban J connectivity index is 1.92. The van der Waals surface area contributed by atoms with Gasteiger partial charge in [-0.25, -0.2) is 4.98 Å². The van der Waals surface area contributed by atoms with E-state index in [1.54, 1.807) is 6.07 Å². The smallest absolute Gasteiger partial charge is 0.267 e. The molecule has 2 aromatic heterocycles. The molecular weight excluding hydrogens is 454 g/mol. The number of pyridine rings is 1. The van der Waals surface area contributed by atoms with Crippen LogP contribution >= 0.6 is 15.9 Å². The number of benzene rings is 2. The number of aryl methyl sites for hydroxylation is 1. The minimum Gasteiger partial charge on any atom is -0.328 e. The number of para-hydroxylation sites is 1. The first-order valence-electron chi connectivity index (χ1n) is 10.9. The zero-order valence-corrected chi connectivity index (χ0v) is 19.1. The van der Waals surface area contributed by atoms with Crippen molar-refractivity contribution in [3.8, 4) is 11.4 Å². The number of aromatic nitrogens is 3.